The summed E-state index contributed by atoms with van der Waals surface area (Å²) in [5, 5.41) is 3.46. The Morgan fingerprint density at radius 2 is 2.07 bits per heavy atom. The van der Waals surface area contributed by atoms with E-state index in [2.05, 4.69) is 22.0 Å². The van der Waals surface area contributed by atoms with E-state index in [9.17, 15) is 4.79 Å². The SMILES string of the molecule is CCNC(=NCCCN1C(=O)COc2ccccc21)N1CCC(CN2CCCC2)C1. The lowest BCUT2D eigenvalue weighted by atomic mass is 10.1. The molecule has 7 nitrogen and oxygen atoms in total. The molecule has 1 aromatic carbocycles. The van der Waals surface area contributed by atoms with Gasteiger partial charge in [0.2, 0.25) is 0 Å². The van der Waals surface area contributed by atoms with Crippen LogP contribution in [0, 0.1) is 5.92 Å². The molecule has 1 unspecified atom stereocenters. The zero-order chi connectivity index (χ0) is 20.8. The Morgan fingerprint density at radius 1 is 1.23 bits per heavy atom. The van der Waals surface area contributed by atoms with Crippen LogP contribution in [0.1, 0.15) is 32.6 Å². The molecule has 3 aliphatic rings. The third-order valence-corrected chi connectivity index (χ3v) is 6.25. The highest BCUT2D eigenvalue weighted by atomic mass is 16.5. The molecule has 0 aromatic heterocycles. The summed E-state index contributed by atoms with van der Waals surface area (Å²) in [6.07, 6.45) is 4.80. The molecule has 1 N–H and O–H groups in total. The van der Waals surface area contributed by atoms with Crippen LogP contribution < -0.4 is 15.0 Å². The molecule has 0 saturated carbocycles. The molecule has 7 heteroatoms. The Bertz CT molecular complexity index is 747. The number of nitrogens with one attached hydrogen (secondary N) is 1. The van der Waals surface area contributed by atoms with Gasteiger partial charge in [0.15, 0.2) is 12.6 Å². The molecule has 4 rings (SSSR count). The van der Waals surface area contributed by atoms with Gasteiger partial charge < -0.3 is 24.8 Å². The Hall–Kier alpha value is -2.28. The first-order valence-corrected chi connectivity index (χ1v) is 11.5. The zero-order valence-corrected chi connectivity index (χ0v) is 18.2. The smallest absolute Gasteiger partial charge is 0.265 e. The Labute approximate surface area is 180 Å². The quantitative estimate of drug-likeness (QED) is 0.422. The van der Waals surface area contributed by atoms with Gasteiger partial charge >= 0.3 is 0 Å². The molecule has 1 aromatic rings. The lowest BCUT2D eigenvalue weighted by molar-refractivity contribution is -0.121. The van der Waals surface area contributed by atoms with E-state index in [4.69, 9.17) is 9.73 Å². The topological polar surface area (TPSA) is 60.4 Å². The monoisotopic (exact) mass is 413 g/mol. The zero-order valence-electron chi connectivity index (χ0n) is 18.2. The molecule has 0 spiro atoms. The summed E-state index contributed by atoms with van der Waals surface area (Å²) in [6.45, 7) is 10.4. The van der Waals surface area contributed by atoms with Crippen LogP contribution in [0.25, 0.3) is 0 Å². The fourth-order valence-electron chi connectivity index (χ4n) is 4.74. The van der Waals surface area contributed by atoms with Crippen LogP contribution in [0.15, 0.2) is 29.3 Å². The minimum absolute atomic E-state index is 0.0221. The van der Waals surface area contributed by atoms with Crippen molar-refractivity contribution in [3.63, 3.8) is 0 Å². The van der Waals surface area contributed by atoms with Crippen LogP contribution in [0.3, 0.4) is 0 Å². The Kier molecular flexibility index (Phi) is 7.10. The number of para-hydroxylation sites is 2. The molecular weight excluding hydrogens is 378 g/mol. The van der Waals surface area contributed by atoms with Gasteiger partial charge in [-0.25, -0.2) is 0 Å². The van der Waals surface area contributed by atoms with E-state index in [-0.39, 0.29) is 12.5 Å². The van der Waals surface area contributed by atoms with Gasteiger partial charge in [-0.1, -0.05) is 12.1 Å². The van der Waals surface area contributed by atoms with Crippen molar-refractivity contribution < 1.29 is 9.53 Å². The first-order chi connectivity index (χ1) is 14.7. The lowest BCUT2D eigenvalue weighted by Crippen LogP contribution is -2.41. The molecule has 0 aliphatic carbocycles. The second-order valence-corrected chi connectivity index (χ2v) is 8.50. The standard InChI is InChI=1S/C23H35N5O2/c1-2-24-23(27-15-10-19(17-27)16-26-12-5-6-13-26)25-11-7-14-28-20-8-3-4-9-21(20)30-18-22(28)29/h3-4,8-9,19H,2,5-7,10-18H2,1H3,(H,24,25). The Morgan fingerprint density at radius 3 is 2.90 bits per heavy atom. The maximum Gasteiger partial charge on any atom is 0.265 e. The summed E-state index contributed by atoms with van der Waals surface area (Å²) in [7, 11) is 0. The van der Waals surface area contributed by atoms with Crippen molar-refractivity contribution in [2.24, 2.45) is 10.9 Å². The molecule has 3 heterocycles. The van der Waals surface area contributed by atoms with Crippen LogP contribution in [0.5, 0.6) is 5.75 Å². The first-order valence-electron chi connectivity index (χ1n) is 11.5. The predicted octanol–water partition coefficient (Wildman–Crippen LogP) is 2.19. The van der Waals surface area contributed by atoms with Crippen LogP contribution in [0.2, 0.25) is 0 Å². The number of fused-ring (bicyclic) bond motifs is 1. The summed E-state index contributed by atoms with van der Waals surface area (Å²) in [4.78, 5) is 24.1. The second kappa shape index (κ2) is 10.2. The molecule has 0 bridgehead atoms. The number of hydrogen-bond acceptors (Lipinski definition) is 4. The van der Waals surface area contributed by atoms with Crippen LogP contribution in [0.4, 0.5) is 5.69 Å². The van der Waals surface area contributed by atoms with Crippen molar-refractivity contribution in [2.75, 3.05) is 63.9 Å². The molecule has 1 atom stereocenters. The van der Waals surface area contributed by atoms with Crippen molar-refractivity contribution in [1.29, 1.82) is 0 Å². The second-order valence-electron chi connectivity index (χ2n) is 8.50. The van der Waals surface area contributed by atoms with Crippen molar-refractivity contribution in [1.82, 2.24) is 15.1 Å². The number of carbonyl (C=O) groups excluding carboxylic acids is 1. The van der Waals surface area contributed by atoms with E-state index in [1.165, 1.54) is 38.9 Å². The van der Waals surface area contributed by atoms with E-state index in [1.54, 1.807) is 0 Å². The first kappa shape index (κ1) is 21.0. The highest BCUT2D eigenvalue weighted by Crippen LogP contribution is 2.31. The normalized spacial score (nSPS) is 22.4. The van der Waals surface area contributed by atoms with Crippen LogP contribution >= 0.6 is 0 Å². The number of guanidine groups is 1. The molecule has 0 radical (unpaired) electrons. The summed E-state index contributed by atoms with van der Waals surface area (Å²) in [6, 6.07) is 7.75. The molecule has 30 heavy (non-hydrogen) atoms. The number of anilines is 1. The van der Waals surface area contributed by atoms with E-state index in [0.29, 0.717) is 13.1 Å². The average molecular weight is 414 g/mol. The van der Waals surface area contributed by atoms with Gasteiger partial charge in [-0.2, -0.15) is 0 Å². The van der Waals surface area contributed by atoms with Crippen LogP contribution in [-0.2, 0) is 4.79 Å². The number of likely N-dealkylation sites (tertiary alicyclic amines) is 2. The van der Waals surface area contributed by atoms with Gasteiger partial charge in [0.25, 0.3) is 5.91 Å². The molecule has 164 valence electrons. The highest BCUT2D eigenvalue weighted by molar-refractivity contribution is 5.97. The number of aliphatic imine (C=N–C) groups is 1. The maximum atomic E-state index is 12.3. The maximum absolute atomic E-state index is 12.3. The van der Waals surface area contributed by atoms with E-state index < -0.39 is 0 Å². The van der Waals surface area contributed by atoms with Crippen molar-refractivity contribution >= 4 is 17.6 Å². The van der Waals surface area contributed by atoms with E-state index >= 15 is 0 Å². The molecule has 1 amide bonds. The number of carbonyl (C=O) groups is 1. The van der Waals surface area contributed by atoms with Gasteiger partial charge in [-0.3, -0.25) is 9.79 Å². The largest absolute Gasteiger partial charge is 0.482 e. The lowest BCUT2D eigenvalue weighted by Gasteiger charge is -2.29. The fraction of sp³-hybridized carbons (Fsp3) is 0.652. The van der Waals surface area contributed by atoms with E-state index in [1.807, 2.05) is 29.2 Å². The highest BCUT2D eigenvalue weighted by Gasteiger charge is 2.28. The van der Waals surface area contributed by atoms with Crippen molar-refractivity contribution in [3.8, 4) is 5.75 Å². The minimum Gasteiger partial charge on any atom is -0.482 e. The van der Waals surface area contributed by atoms with Gasteiger partial charge in [0.05, 0.1) is 5.69 Å². The number of hydrogen-bond donors (Lipinski definition) is 1. The number of ether oxygens (including phenoxy) is 1. The third kappa shape index (κ3) is 5.06. The average Bonchev–Trinajstić information content (AvgIpc) is 3.44. The Balaban J connectivity index is 1.29. The molecule has 2 saturated heterocycles. The number of nitrogens with zero attached hydrogens (tertiary/aromatic N) is 4. The van der Waals surface area contributed by atoms with Gasteiger partial charge in [0.1, 0.15) is 5.75 Å². The third-order valence-electron chi connectivity index (χ3n) is 6.25. The van der Waals surface area contributed by atoms with Crippen molar-refractivity contribution in [2.45, 2.75) is 32.6 Å². The van der Waals surface area contributed by atoms with Gasteiger partial charge in [0, 0.05) is 39.3 Å². The molecular formula is C23H35N5O2. The number of amides is 1. The van der Waals surface area contributed by atoms with Gasteiger partial charge in [-0.05, 0) is 63.7 Å². The van der Waals surface area contributed by atoms with Crippen molar-refractivity contribution in [3.05, 3.63) is 24.3 Å². The molecule has 3 aliphatic heterocycles. The number of rotatable bonds is 7. The van der Waals surface area contributed by atoms with Gasteiger partial charge in [-0.15, -0.1) is 0 Å². The van der Waals surface area contributed by atoms with Crippen LogP contribution in [-0.4, -0.2) is 80.6 Å². The number of benzene rings is 1. The summed E-state index contributed by atoms with van der Waals surface area (Å²) in [5.41, 5.74) is 0.869. The predicted molar refractivity (Wildman–Crippen MR) is 120 cm³/mol. The summed E-state index contributed by atoms with van der Waals surface area (Å²) >= 11 is 0. The summed E-state index contributed by atoms with van der Waals surface area (Å²) in [5.74, 6) is 2.58. The summed E-state index contributed by atoms with van der Waals surface area (Å²) < 4.78 is 5.53. The minimum atomic E-state index is 0.0221. The molecule has 2 fully saturated rings. The van der Waals surface area contributed by atoms with E-state index in [0.717, 1.165) is 49.4 Å². The fourth-order valence-corrected chi connectivity index (χ4v) is 4.74.